The van der Waals surface area contributed by atoms with Crippen molar-refractivity contribution >= 4 is 22.2 Å². The summed E-state index contributed by atoms with van der Waals surface area (Å²) in [5.74, 6) is -0.778. The van der Waals surface area contributed by atoms with Crippen LogP contribution in [0.15, 0.2) is 48.1 Å². The van der Waals surface area contributed by atoms with Gasteiger partial charge in [-0.05, 0) is 41.8 Å². The van der Waals surface area contributed by atoms with Crippen LogP contribution in [0.1, 0.15) is 16.8 Å². The number of fused-ring (bicyclic) bond motifs is 2. The number of nitrogens with zero attached hydrogens (tertiary/aromatic N) is 2. The van der Waals surface area contributed by atoms with E-state index in [1.807, 2.05) is 28.2 Å². The summed E-state index contributed by atoms with van der Waals surface area (Å²) in [7, 11) is 0. The van der Waals surface area contributed by atoms with Gasteiger partial charge in [0, 0.05) is 29.8 Å². The van der Waals surface area contributed by atoms with E-state index < -0.39 is 5.82 Å². The average molecular weight is 439 g/mol. The van der Waals surface area contributed by atoms with E-state index in [-0.39, 0.29) is 36.5 Å². The maximum atomic E-state index is 14.6. The number of carbonyl (C=O) groups is 1. The van der Waals surface area contributed by atoms with Crippen LogP contribution in [0.4, 0.5) is 8.78 Å². The Morgan fingerprint density at radius 2 is 2.10 bits per heavy atom. The third-order valence-electron chi connectivity index (χ3n) is 5.37. The number of imidazole rings is 1. The molecule has 1 atom stereocenters. The molecule has 5 rings (SSSR count). The van der Waals surface area contributed by atoms with Gasteiger partial charge in [0.25, 0.3) is 0 Å². The molecule has 1 aliphatic rings. The number of nitrogens with one attached hydrogen (secondary N) is 1. The first-order chi connectivity index (χ1) is 15.0. The SMILES string of the molecule is Cc1ccc(-c2cc(F)c3c(c2)C[C@@H](CNC(=O)Cc2cn4ccsc4n2)O3)cc1F. The third-order valence-corrected chi connectivity index (χ3v) is 6.14. The van der Waals surface area contributed by atoms with Gasteiger partial charge in [-0.15, -0.1) is 11.3 Å². The maximum Gasteiger partial charge on any atom is 0.226 e. The predicted molar refractivity (Wildman–Crippen MR) is 114 cm³/mol. The molecule has 3 heterocycles. The summed E-state index contributed by atoms with van der Waals surface area (Å²) < 4.78 is 36.1. The normalized spacial score (nSPS) is 15.1. The molecule has 2 aromatic carbocycles. The first-order valence-electron chi connectivity index (χ1n) is 9.89. The maximum absolute atomic E-state index is 14.6. The molecule has 0 saturated heterocycles. The van der Waals surface area contributed by atoms with Crippen molar-refractivity contribution in [2.75, 3.05) is 6.54 Å². The van der Waals surface area contributed by atoms with Crippen molar-refractivity contribution in [1.82, 2.24) is 14.7 Å². The summed E-state index contributed by atoms with van der Waals surface area (Å²) in [6, 6.07) is 8.03. The Kier molecular flexibility index (Phi) is 4.94. The van der Waals surface area contributed by atoms with Crippen LogP contribution < -0.4 is 10.1 Å². The van der Waals surface area contributed by atoms with Gasteiger partial charge in [-0.25, -0.2) is 13.8 Å². The number of hydrogen-bond acceptors (Lipinski definition) is 4. The van der Waals surface area contributed by atoms with Crippen LogP contribution in [0.25, 0.3) is 16.1 Å². The highest BCUT2D eigenvalue weighted by atomic mass is 32.1. The van der Waals surface area contributed by atoms with Gasteiger partial charge in [0.05, 0.1) is 18.7 Å². The molecule has 0 saturated carbocycles. The molecule has 31 heavy (non-hydrogen) atoms. The molecule has 0 fully saturated rings. The summed E-state index contributed by atoms with van der Waals surface area (Å²) in [5.41, 5.74) is 3.16. The van der Waals surface area contributed by atoms with Crippen molar-refractivity contribution in [3.63, 3.8) is 0 Å². The van der Waals surface area contributed by atoms with Crippen molar-refractivity contribution in [3.8, 4) is 16.9 Å². The largest absolute Gasteiger partial charge is 0.485 e. The second kappa shape index (κ2) is 7.77. The van der Waals surface area contributed by atoms with E-state index >= 15 is 0 Å². The summed E-state index contributed by atoms with van der Waals surface area (Å²) in [4.78, 5) is 17.5. The van der Waals surface area contributed by atoms with Gasteiger partial charge in [0.15, 0.2) is 16.5 Å². The molecule has 0 radical (unpaired) electrons. The summed E-state index contributed by atoms with van der Waals surface area (Å²) in [6.45, 7) is 1.95. The molecule has 1 aliphatic heterocycles. The number of halogens is 2. The number of thiazole rings is 1. The number of benzene rings is 2. The zero-order valence-electron chi connectivity index (χ0n) is 16.7. The van der Waals surface area contributed by atoms with Gasteiger partial charge in [0.1, 0.15) is 11.9 Å². The topological polar surface area (TPSA) is 55.6 Å². The van der Waals surface area contributed by atoms with E-state index in [1.54, 1.807) is 19.1 Å². The minimum absolute atomic E-state index is 0.165. The Labute approximate surface area is 181 Å². The summed E-state index contributed by atoms with van der Waals surface area (Å²) in [5, 5.41) is 4.77. The molecule has 0 aliphatic carbocycles. The van der Waals surface area contributed by atoms with Gasteiger partial charge in [0.2, 0.25) is 5.91 Å². The lowest BCUT2D eigenvalue weighted by Crippen LogP contribution is -2.35. The minimum atomic E-state index is -0.486. The Morgan fingerprint density at radius 3 is 2.90 bits per heavy atom. The molecule has 5 nitrogen and oxygen atoms in total. The zero-order chi connectivity index (χ0) is 21.5. The molecule has 1 N–H and O–H groups in total. The van der Waals surface area contributed by atoms with Crippen molar-refractivity contribution in [1.29, 1.82) is 0 Å². The lowest BCUT2D eigenvalue weighted by Gasteiger charge is -2.11. The van der Waals surface area contributed by atoms with E-state index in [2.05, 4.69) is 10.3 Å². The number of ether oxygens (including phenoxy) is 1. The second-order valence-corrected chi connectivity index (χ2v) is 8.53. The number of carbonyl (C=O) groups excluding carboxylic acids is 1. The molecular formula is C23H19F2N3O2S. The first-order valence-corrected chi connectivity index (χ1v) is 10.8. The Balaban J connectivity index is 1.23. The third kappa shape index (κ3) is 3.90. The highest BCUT2D eigenvalue weighted by Gasteiger charge is 2.27. The van der Waals surface area contributed by atoms with E-state index in [4.69, 9.17) is 4.74 Å². The van der Waals surface area contributed by atoms with Crippen LogP contribution in [0.3, 0.4) is 0 Å². The standard InChI is InChI=1S/C23H19F2N3O2S/c1-13-2-3-14(8-19(13)24)15-6-16-7-18(30-22(16)20(25)9-15)11-26-21(29)10-17-12-28-4-5-31-23(28)27-17/h2-6,8-9,12,18H,7,10-11H2,1H3,(H,26,29)/t18-/m0/s1. The number of hydrogen-bond donors (Lipinski definition) is 1. The molecule has 0 spiro atoms. The Hall–Kier alpha value is -3.26. The van der Waals surface area contributed by atoms with Crippen LogP contribution in [0, 0.1) is 18.6 Å². The fourth-order valence-corrected chi connectivity index (χ4v) is 4.48. The number of amides is 1. The Morgan fingerprint density at radius 1 is 1.26 bits per heavy atom. The van der Waals surface area contributed by atoms with Gasteiger partial charge < -0.3 is 10.1 Å². The average Bonchev–Trinajstić information content (AvgIpc) is 3.43. The molecule has 8 heteroatoms. The van der Waals surface area contributed by atoms with Crippen LogP contribution in [-0.2, 0) is 17.6 Å². The molecule has 1 amide bonds. The van der Waals surface area contributed by atoms with E-state index in [0.717, 1.165) is 4.96 Å². The number of aromatic nitrogens is 2. The first kappa shape index (κ1) is 19.7. The predicted octanol–water partition coefficient (Wildman–Crippen LogP) is 4.31. The van der Waals surface area contributed by atoms with Crippen molar-refractivity contribution in [3.05, 3.63) is 76.6 Å². The highest BCUT2D eigenvalue weighted by Crippen LogP contribution is 2.36. The van der Waals surface area contributed by atoms with Crippen LogP contribution in [-0.4, -0.2) is 27.9 Å². The summed E-state index contributed by atoms with van der Waals surface area (Å²) >= 11 is 1.51. The van der Waals surface area contributed by atoms with Crippen molar-refractivity contribution in [2.24, 2.45) is 0 Å². The molecule has 2 aromatic heterocycles. The fraction of sp³-hybridized carbons (Fsp3) is 0.217. The quantitative estimate of drug-likeness (QED) is 0.504. The minimum Gasteiger partial charge on any atom is -0.485 e. The van der Waals surface area contributed by atoms with Crippen LogP contribution in [0.2, 0.25) is 0 Å². The smallest absolute Gasteiger partial charge is 0.226 e. The number of aryl methyl sites for hydroxylation is 1. The summed E-state index contributed by atoms with van der Waals surface area (Å²) in [6.07, 6.45) is 4.01. The van der Waals surface area contributed by atoms with Crippen LogP contribution >= 0.6 is 11.3 Å². The lowest BCUT2D eigenvalue weighted by atomic mass is 9.99. The molecule has 0 bridgehead atoms. The molecular weight excluding hydrogens is 420 g/mol. The molecule has 0 unspecified atom stereocenters. The lowest BCUT2D eigenvalue weighted by molar-refractivity contribution is -0.120. The van der Waals surface area contributed by atoms with Gasteiger partial charge in [-0.1, -0.05) is 12.1 Å². The van der Waals surface area contributed by atoms with Gasteiger partial charge in [-0.2, -0.15) is 0 Å². The van der Waals surface area contributed by atoms with Crippen LogP contribution in [0.5, 0.6) is 5.75 Å². The molecule has 158 valence electrons. The highest BCUT2D eigenvalue weighted by molar-refractivity contribution is 7.15. The van der Waals surface area contributed by atoms with Crippen molar-refractivity contribution in [2.45, 2.75) is 25.9 Å². The van der Waals surface area contributed by atoms with E-state index in [1.165, 1.54) is 23.5 Å². The zero-order valence-corrected chi connectivity index (χ0v) is 17.5. The van der Waals surface area contributed by atoms with E-state index in [9.17, 15) is 13.6 Å². The number of rotatable bonds is 5. The monoisotopic (exact) mass is 439 g/mol. The second-order valence-electron chi connectivity index (χ2n) is 7.66. The van der Waals surface area contributed by atoms with E-state index in [0.29, 0.717) is 34.4 Å². The fourth-order valence-electron chi connectivity index (χ4n) is 3.76. The molecule has 4 aromatic rings. The van der Waals surface area contributed by atoms with Crippen molar-refractivity contribution < 1.29 is 18.3 Å². The Bertz CT molecular complexity index is 1270. The van der Waals surface area contributed by atoms with Gasteiger partial charge in [-0.3, -0.25) is 9.20 Å². The van der Waals surface area contributed by atoms with Gasteiger partial charge >= 0.3 is 0 Å².